The summed E-state index contributed by atoms with van der Waals surface area (Å²) in [7, 11) is 1.57. The molecule has 2 aromatic carbocycles. The summed E-state index contributed by atoms with van der Waals surface area (Å²) in [6, 6.07) is 13.4. The molecule has 0 bridgehead atoms. The molecular weight excluding hydrogens is 469 g/mol. The van der Waals surface area contributed by atoms with E-state index in [1.807, 2.05) is 29.6 Å². The number of halogens is 1. The third-order valence-electron chi connectivity index (χ3n) is 4.22. The Kier molecular flexibility index (Phi) is 6.98. The number of ether oxygens (including phenoxy) is 1. The molecule has 11 heteroatoms. The Morgan fingerprint density at radius 2 is 1.97 bits per heavy atom. The number of thiazole rings is 1. The average molecular weight is 488 g/mol. The summed E-state index contributed by atoms with van der Waals surface area (Å²) in [5.74, 6) is 0.743. The molecule has 1 amide bonds. The first-order valence-electron chi connectivity index (χ1n) is 9.40. The van der Waals surface area contributed by atoms with Crippen LogP contribution in [0.3, 0.4) is 0 Å². The van der Waals surface area contributed by atoms with E-state index in [0.717, 1.165) is 15.7 Å². The Labute approximate surface area is 196 Å². The second kappa shape index (κ2) is 10.1. The number of nitrogens with one attached hydrogen (secondary N) is 1. The van der Waals surface area contributed by atoms with Crippen molar-refractivity contribution in [2.45, 2.75) is 17.0 Å². The number of para-hydroxylation sites is 2. The number of hydrogen-bond acceptors (Lipinski definition) is 9. The van der Waals surface area contributed by atoms with Crippen LogP contribution in [0.4, 0.5) is 26.0 Å². The van der Waals surface area contributed by atoms with Crippen molar-refractivity contribution >= 4 is 62.0 Å². The molecule has 32 heavy (non-hydrogen) atoms. The number of thioether (sulfide) groups is 1. The number of amides is 1. The van der Waals surface area contributed by atoms with E-state index in [-0.39, 0.29) is 11.7 Å². The predicted octanol–water partition coefficient (Wildman–Crippen LogP) is 5.86. The molecular formula is C21H18FN5O2S3. The van der Waals surface area contributed by atoms with Gasteiger partial charge in [0.25, 0.3) is 0 Å². The largest absolute Gasteiger partial charge is 0.495 e. The molecule has 7 nitrogen and oxygen atoms in total. The van der Waals surface area contributed by atoms with Crippen LogP contribution in [0, 0.1) is 5.82 Å². The molecule has 0 atom stereocenters. The van der Waals surface area contributed by atoms with Crippen molar-refractivity contribution in [3.05, 3.63) is 65.4 Å². The minimum absolute atomic E-state index is 0.149. The van der Waals surface area contributed by atoms with Crippen molar-refractivity contribution in [1.82, 2.24) is 15.2 Å². The summed E-state index contributed by atoms with van der Waals surface area (Å²) in [6.07, 6.45) is 0. The number of carbonyl (C=O) groups is 1. The fraction of sp³-hybridized carbons (Fsp3) is 0.143. The molecule has 0 spiro atoms. The number of carbonyl (C=O) groups excluding carboxylic acids is 1. The maximum Gasteiger partial charge on any atom is 0.230 e. The Morgan fingerprint density at radius 1 is 1.19 bits per heavy atom. The summed E-state index contributed by atoms with van der Waals surface area (Å²) in [5.41, 5.74) is 2.22. The third kappa shape index (κ3) is 5.23. The number of rotatable bonds is 8. The number of anilines is 4. The molecule has 0 aliphatic rings. The minimum atomic E-state index is -0.291. The number of hydrogen-bond donors (Lipinski definition) is 1. The first-order chi connectivity index (χ1) is 15.5. The van der Waals surface area contributed by atoms with E-state index >= 15 is 0 Å². The van der Waals surface area contributed by atoms with Crippen molar-refractivity contribution in [3.8, 4) is 5.75 Å². The fourth-order valence-corrected chi connectivity index (χ4v) is 5.45. The standard InChI is InChI=1S/C21H18FN5O2S3/c1-13(28)27(17-5-3-4-6-18(17)29-2)20-24-16(11-30-20)12-31-21-26-25-19(32-21)23-15-9-7-14(22)8-10-15/h3-11H,12H2,1-2H3,(H,23,25). The molecule has 4 rings (SSSR count). The first kappa shape index (κ1) is 22.2. The summed E-state index contributed by atoms with van der Waals surface area (Å²) < 4.78 is 19.2. The van der Waals surface area contributed by atoms with Gasteiger partial charge in [-0.1, -0.05) is 35.2 Å². The Bertz CT molecular complexity index is 1210. The van der Waals surface area contributed by atoms with E-state index in [4.69, 9.17) is 4.74 Å². The highest BCUT2D eigenvalue weighted by Crippen LogP contribution is 2.36. The summed E-state index contributed by atoms with van der Waals surface area (Å²) in [5, 5.41) is 14.5. The lowest BCUT2D eigenvalue weighted by atomic mass is 10.2. The van der Waals surface area contributed by atoms with Crippen LogP contribution in [0.15, 0.2) is 58.3 Å². The number of aromatic nitrogens is 3. The molecule has 0 fully saturated rings. The zero-order chi connectivity index (χ0) is 22.5. The van der Waals surface area contributed by atoms with Gasteiger partial charge in [-0.05, 0) is 36.4 Å². The van der Waals surface area contributed by atoms with E-state index in [0.29, 0.717) is 27.5 Å². The Balaban J connectivity index is 1.42. The van der Waals surface area contributed by atoms with Crippen LogP contribution in [0.25, 0.3) is 0 Å². The lowest BCUT2D eigenvalue weighted by molar-refractivity contribution is -0.115. The first-order valence-corrected chi connectivity index (χ1v) is 12.1. The van der Waals surface area contributed by atoms with Crippen molar-refractivity contribution in [2.75, 3.05) is 17.3 Å². The summed E-state index contributed by atoms with van der Waals surface area (Å²) in [4.78, 5) is 18.5. The third-order valence-corrected chi connectivity index (χ3v) is 7.10. The smallest absolute Gasteiger partial charge is 0.230 e. The molecule has 0 aliphatic heterocycles. The van der Waals surface area contributed by atoms with Gasteiger partial charge in [0.15, 0.2) is 9.47 Å². The second-order valence-corrected chi connectivity index (χ2v) is 9.48. The van der Waals surface area contributed by atoms with Gasteiger partial charge in [0.1, 0.15) is 11.6 Å². The van der Waals surface area contributed by atoms with E-state index in [2.05, 4.69) is 20.5 Å². The molecule has 164 valence electrons. The number of methoxy groups -OCH3 is 1. The van der Waals surface area contributed by atoms with Gasteiger partial charge in [-0.15, -0.1) is 21.5 Å². The van der Waals surface area contributed by atoms with Crippen LogP contribution in [0.2, 0.25) is 0 Å². The monoisotopic (exact) mass is 487 g/mol. The van der Waals surface area contributed by atoms with Crippen LogP contribution in [-0.2, 0) is 10.5 Å². The van der Waals surface area contributed by atoms with Crippen molar-refractivity contribution in [2.24, 2.45) is 0 Å². The van der Waals surface area contributed by atoms with E-state index < -0.39 is 0 Å². The fourth-order valence-electron chi connectivity index (χ4n) is 2.80. The zero-order valence-electron chi connectivity index (χ0n) is 17.1. The Morgan fingerprint density at radius 3 is 2.72 bits per heavy atom. The SMILES string of the molecule is COc1ccccc1N(C(C)=O)c1nc(CSc2nnc(Nc3ccc(F)cc3)s2)cs1. The van der Waals surface area contributed by atoms with E-state index in [1.165, 1.54) is 53.5 Å². The van der Waals surface area contributed by atoms with Crippen LogP contribution in [0.5, 0.6) is 5.75 Å². The van der Waals surface area contributed by atoms with Gasteiger partial charge in [0.05, 0.1) is 18.5 Å². The number of nitrogens with zero attached hydrogens (tertiary/aromatic N) is 4. The van der Waals surface area contributed by atoms with Crippen LogP contribution < -0.4 is 15.0 Å². The van der Waals surface area contributed by atoms with E-state index in [9.17, 15) is 9.18 Å². The highest BCUT2D eigenvalue weighted by atomic mass is 32.2. The molecule has 0 saturated heterocycles. The summed E-state index contributed by atoms with van der Waals surface area (Å²) in [6.45, 7) is 1.50. The van der Waals surface area contributed by atoms with Gasteiger partial charge in [-0.2, -0.15) is 0 Å². The van der Waals surface area contributed by atoms with Gasteiger partial charge in [0.2, 0.25) is 11.0 Å². The molecule has 0 radical (unpaired) electrons. The predicted molar refractivity (Wildman–Crippen MR) is 127 cm³/mol. The topological polar surface area (TPSA) is 80.2 Å². The van der Waals surface area contributed by atoms with Crippen molar-refractivity contribution in [3.63, 3.8) is 0 Å². The minimum Gasteiger partial charge on any atom is -0.495 e. The molecule has 1 N–H and O–H groups in total. The molecule has 2 heterocycles. The summed E-state index contributed by atoms with van der Waals surface area (Å²) >= 11 is 4.30. The molecule has 0 unspecified atom stereocenters. The van der Waals surface area contributed by atoms with Gasteiger partial charge < -0.3 is 10.1 Å². The lowest BCUT2D eigenvalue weighted by Crippen LogP contribution is -2.23. The van der Waals surface area contributed by atoms with Crippen LogP contribution in [0.1, 0.15) is 12.6 Å². The second-order valence-electron chi connectivity index (χ2n) is 6.44. The maximum atomic E-state index is 13.0. The van der Waals surface area contributed by atoms with Crippen LogP contribution >= 0.6 is 34.4 Å². The van der Waals surface area contributed by atoms with Crippen molar-refractivity contribution in [1.29, 1.82) is 0 Å². The highest BCUT2D eigenvalue weighted by molar-refractivity contribution is 8.00. The molecule has 2 aromatic heterocycles. The molecule has 4 aromatic rings. The Hall–Kier alpha value is -3.02. The lowest BCUT2D eigenvalue weighted by Gasteiger charge is -2.20. The average Bonchev–Trinajstić information content (AvgIpc) is 3.44. The molecule has 0 aliphatic carbocycles. The van der Waals surface area contributed by atoms with Gasteiger partial charge in [-0.25, -0.2) is 9.37 Å². The van der Waals surface area contributed by atoms with Crippen molar-refractivity contribution < 1.29 is 13.9 Å². The zero-order valence-corrected chi connectivity index (χ0v) is 19.6. The van der Waals surface area contributed by atoms with Crippen LogP contribution in [-0.4, -0.2) is 28.2 Å². The van der Waals surface area contributed by atoms with Gasteiger partial charge in [-0.3, -0.25) is 9.69 Å². The highest BCUT2D eigenvalue weighted by Gasteiger charge is 2.21. The maximum absolute atomic E-state index is 13.0. The normalized spacial score (nSPS) is 10.7. The van der Waals surface area contributed by atoms with E-state index in [1.54, 1.807) is 24.1 Å². The van der Waals surface area contributed by atoms with Gasteiger partial charge >= 0.3 is 0 Å². The van der Waals surface area contributed by atoms with Gasteiger partial charge in [0, 0.05) is 23.7 Å². The number of benzene rings is 2. The quantitative estimate of drug-likeness (QED) is 0.312. The molecule has 0 saturated carbocycles.